The third-order valence-electron chi connectivity index (χ3n) is 4.20. The molecule has 0 saturated heterocycles. The summed E-state index contributed by atoms with van der Waals surface area (Å²) in [5, 5.41) is 12.3. The molecule has 0 unspecified atom stereocenters. The highest BCUT2D eigenvalue weighted by Crippen LogP contribution is 2.24. The fourth-order valence-electron chi connectivity index (χ4n) is 2.93. The number of hydrogen-bond donors (Lipinski definition) is 1. The maximum atomic E-state index is 11.6. The molecule has 25 heavy (non-hydrogen) atoms. The van der Waals surface area contributed by atoms with Crippen molar-refractivity contribution in [3.8, 4) is 0 Å². The molecule has 0 bridgehead atoms. The highest BCUT2D eigenvalue weighted by Gasteiger charge is 2.11. The lowest BCUT2D eigenvalue weighted by Gasteiger charge is -2.09. The van der Waals surface area contributed by atoms with Crippen LogP contribution in [0, 0.1) is 0 Å². The summed E-state index contributed by atoms with van der Waals surface area (Å²) in [6, 6.07) is 13.2. The van der Waals surface area contributed by atoms with Crippen LogP contribution < -0.4 is 11.1 Å². The summed E-state index contributed by atoms with van der Waals surface area (Å²) in [7, 11) is 1.67. The van der Waals surface area contributed by atoms with Crippen LogP contribution in [0.5, 0.6) is 0 Å². The normalized spacial score (nSPS) is 11.6. The Morgan fingerprint density at radius 2 is 2.04 bits per heavy atom. The highest BCUT2D eigenvalue weighted by atomic mass is 16.4. The Hall–Kier alpha value is -3.68. The van der Waals surface area contributed by atoms with E-state index in [2.05, 4.69) is 20.5 Å². The number of nitrogens with zero attached hydrogens (tertiary/aromatic N) is 5. The number of aryl methyl sites for hydroxylation is 1. The number of fused-ring (bicyclic) bond motifs is 4. The molecule has 0 radical (unpaired) electrons. The van der Waals surface area contributed by atoms with Gasteiger partial charge < -0.3 is 9.73 Å². The molecule has 122 valence electrons. The van der Waals surface area contributed by atoms with E-state index in [1.54, 1.807) is 23.8 Å². The third-order valence-corrected chi connectivity index (χ3v) is 4.20. The monoisotopic (exact) mass is 332 g/mol. The maximum Gasteiger partial charge on any atom is 0.419 e. The highest BCUT2D eigenvalue weighted by molar-refractivity contribution is 5.92. The van der Waals surface area contributed by atoms with E-state index in [1.807, 2.05) is 36.4 Å². The molecule has 2 aromatic carbocycles. The lowest BCUT2D eigenvalue weighted by atomic mass is 10.2. The molecule has 0 aliphatic heterocycles. The van der Waals surface area contributed by atoms with Crippen LogP contribution in [0.25, 0.3) is 27.6 Å². The molecule has 0 atom stereocenters. The first kappa shape index (κ1) is 13.7. The van der Waals surface area contributed by atoms with Crippen molar-refractivity contribution in [1.29, 1.82) is 0 Å². The van der Waals surface area contributed by atoms with Crippen LogP contribution in [-0.2, 0) is 7.05 Å². The van der Waals surface area contributed by atoms with Crippen molar-refractivity contribution in [2.24, 2.45) is 7.05 Å². The molecular weight excluding hydrogens is 320 g/mol. The van der Waals surface area contributed by atoms with Gasteiger partial charge in [0.25, 0.3) is 0 Å². The van der Waals surface area contributed by atoms with Crippen LogP contribution in [0.1, 0.15) is 0 Å². The Labute approximate surface area is 140 Å². The van der Waals surface area contributed by atoms with Crippen LogP contribution in [0.2, 0.25) is 0 Å². The van der Waals surface area contributed by atoms with Crippen molar-refractivity contribution in [2.45, 2.75) is 0 Å². The SMILES string of the molecule is Cn1c(=O)oc2cc(Nc3nc4ccccc4c4nncn34)ccc21. The van der Waals surface area contributed by atoms with E-state index < -0.39 is 5.76 Å². The van der Waals surface area contributed by atoms with Gasteiger partial charge in [-0.3, -0.25) is 8.97 Å². The molecule has 8 nitrogen and oxygen atoms in total. The number of hydrogen-bond acceptors (Lipinski definition) is 6. The van der Waals surface area contributed by atoms with Gasteiger partial charge in [0.1, 0.15) is 6.33 Å². The van der Waals surface area contributed by atoms with Crippen molar-refractivity contribution in [2.75, 3.05) is 5.32 Å². The predicted octanol–water partition coefficient (Wildman–Crippen LogP) is 2.47. The summed E-state index contributed by atoms with van der Waals surface area (Å²) in [6.07, 6.45) is 1.61. The van der Waals surface area contributed by atoms with E-state index >= 15 is 0 Å². The lowest BCUT2D eigenvalue weighted by Crippen LogP contribution is -2.08. The zero-order valence-electron chi connectivity index (χ0n) is 13.2. The largest absolute Gasteiger partial charge is 0.419 e. The van der Waals surface area contributed by atoms with Crippen LogP contribution >= 0.6 is 0 Å². The first-order valence-corrected chi connectivity index (χ1v) is 7.66. The van der Waals surface area contributed by atoms with Gasteiger partial charge in [-0.05, 0) is 24.3 Å². The fraction of sp³-hybridized carbons (Fsp3) is 0.0588. The lowest BCUT2D eigenvalue weighted by molar-refractivity contribution is 0.528. The van der Waals surface area contributed by atoms with Crippen molar-refractivity contribution < 1.29 is 4.42 Å². The number of benzene rings is 2. The van der Waals surface area contributed by atoms with Crippen LogP contribution in [0.15, 0.2) is 58.0 Å². The molecule has 0 saturated carbocycles. The minimum Gasteiger partial charge on any atom is -0.408 e. The average molecular weight is 332 g/mol. The summed E-state index contributed by atoms with van der Waals surface area (Å²) in [5.74, 6) is 0.188. The van der Waals surface area contributed by atoms with Crippen molar-refractivity contribution in [3.63, 3.8) is 0 Å². The number of para-hydroxylation sites is 1. The Kier molecular flexibility index (Phi) is 2.69. The fourth-order valence-corrected chi connectivity index (χ4v) is 2.93. The molecule has 0 aliphatic carbocycles. The molecular formula is C17H12N6O2. The molecule has 0 spiro atoms. The summed E-state index contributed by atoms with van der Waals surface area (Å²) in [6.45, 7) is 0. The molecule has 3 aromatic heterocycles. The van der Waals surface area contributed by atoms with Crippen LogP contribution in [-0.4, -0.2) is 24.1 Å². The molecule has 8 heteroatoms. The minimum absolute atomic E-state index is 0.391. The summed E-state index contributed by atoms with van der Waals surface area (Å²) < 4.78 is 8.48. The average Bonchev–Trinajstić information content (AvgIpc) is 3.21. The van der Waals surface area contributed by atoms with Gasteiger partial charge in [-0.2, -0.15) is 0 Å². The Morgan fingerprint density at radius 3 is 2.96 bits per heavy atom. The van der Waals surface area contributed by atoms with E-state index in [0.29, 0.717) is 11.5 Å². The van der Waals surface area contributed by atoms with E-state index in [0.717, 1.165) is 27.8 Å². The van der Waals surface area contributed by atoms with Crippen molar-refractivity contribution in [3.05, 3.63) is 59.3 Å². The van der Waals surface area contributed by atoms with Gasteiger partial charge >= 0.3 is 5.76 Å². The van der Waals surface area contributed by atoms with Crippen LogP contribution in [0.4, 0.5) is 11.6 Å². The number of nitrogens with one attached hydrogen (secondary N) is 1. The standard InChI is InChI=1S/C17H12N6O2/c1-22-13-7-6-10(8-14(13)25-17(22)24)19-16-20-12-5-3-2-4-11(12)15-21-18-9-23(15)16/h2-9H,1H3,(H,19,20). The van der Waals surface area contributed by atoms with Gasteiger partial charge in [-0.25, -0.2) is 9.78 Å². The molecule has 0 amide bonds. The molecule has 5 aromatic rings. The van der Waals surface area contributed by atoms with Crippen molar-refractivity contribution >= 4 is 39.3 Å². The number of rotatable bonds is 2. The minimum atomic E-state index is -0.391. The third kappa shape index (κ3) is 2.01. The first-order valence-electron chi connectivity index (χ1n) is 7.66. The Morgan fingerprint density at radius 1 is 1.16 bits per heavy atom. The molecule has 1 N–H and O–H groups in total. The van der Waals surface area contributed by atoms with Crippen LogP contribution in [0.3, 0.4) is 0 Å². The van der Waals surface area contributed by atoms with E-state index in [1.165, 1.54) is 4.57 Å². The molecule has 3 heterocycles. The second-order valence-corrected chi connectivity index (χ2v) is 5.71. The second kappa shape index (κ2) is 4.91. The van der Waals surface area contributed by atoms with Gasteiger partial charge in [-0.15, -0.1) is 10.2 Å². The number of oxazole rings is 1. The van der Waals surface area contributed by atoms with Gasteiger partial charge in [0.05, 0.1) is 11.0 Å². The zero-order valence-corrected chi connectivity index (χ0v) is 13.2. The molecule has 5 rings (SSSR count). The van der Waals surface area contributed by atoms with Gasteiger partial charge in [0, 0.05) is 24.2 Å². The maximum absolute atomic E-state index is 11.6. The predicted molar refractivity (Wildman–Crippen MR) is 93.0 cm³/mol. The second-order valence-electron chi connectivity index (χ2n) is 5.71. The topological polar surface area (TPSA) is 90.2 Å². The quantitative estimate of drug-likeness (QED) is 0.534. The van der Waals surface area contributed by atoms with Crippen molar-refractivity contribution in [1.82, 2.24) is 24.1 Å². The summed E-state index contributed by atoms with van der Waals surface area (Å²) in [4.78, 5) is 16.3. The van der Waals surface area contributed by atoms with E-state index in [4.69, 9.17) is 4.42 Å². The smallest absolute Gasteiger partial charge is 0.408 e. The number of aromatic nitrogens is 5. The first-order chi connectivity index (χ1) is 12.2. The molecule has 0 fully saturated rings. The van der Waals surface area contributed by atoms with Gasteiger partial charge in [0.2, 0.25) is 5.95 Å². The van der Waals surface area contributed by atoms with E-state index in [9.17, 15) is 4.79 Å². The Bertz CT molecular complexity index is 1310. The summed E-state index contributed by atoms with van der Waals surface area (Å²) in [5.41, 5.74) is 3.53. The number of anilines is 2. The molecule has 0 aliphatic rings. The zero-order chi connectivity index (χ0) is 17.0. The Balaban J connectivity index is 1.68. The van der Waals surface area contributed by atoms with Gasteiger partial charge in [-0.1, -0.05) is 12.1 Å². The van der Waals surface area contributed by atoms with E-state index in [-0.39, 0.29) is 0 Å². The van der Waals surface area contributed by atoms with Gasteiger partial charge in [0.15, 0.2) is 11.2 Å². The summed E-state index contributed by atoms with van der Waals surface area (Å²) >= 11 is 0.